The van der Waals surface area contributed by atoms with Gasteiger partial charge in [0.05, 0.1) is 11.1 Å². The van der Waals surface area contributed by atoms with Crippen LogP contribution < -0.4 is 5.32 Å². The molecular formula is C14H25NO3. The second kappa shape index (κ2) is 4.41. The fraction of sp³-hybridized carbons (Fsp3) is 0.929. The first-order valence-electron chi connectivity index (χ1n) is 7.00. The van der Waals surface area contributed by atoms with Crippen LogP contribution in [0.2, 0.25) is 0 Å². The minimum absolute atomic E-state index is 0.398. The minimum Gasteiger partial charge on any atom is -0.444 e. The van der Waals surface area contributed by atoms with Gasteiger partial charge >= 0.3 is 6.09 Å². The van der Waals surface area contributed by atoms with Crippen molar-refractivity contribution >= 4 is 6.09 Å². The predicted molar refractivity (Wildman–Crippen MR) is 69.4 cm³/mol. The molecule has 2 aliphatic carbocycles. The van der Waals surface area contributed by atoms with Crippen LogP contribution in [0.4, 0.5) is 4.79 Å². The Morgan fingerprint density at radius 3 is 2.11 bits per heavy atom. The van der Waals surface area contributed by atoms with E-state index in [-0.39, 0.29) is 0 Å². The highest BCUT2D eigenvalue weighted by Crippen LogP contribution is 2.51. The van der Waals surface area contributed by atoms with Gasteiger partial charge in [0.2, 0.25) is 0 Å². The molecule has 0 bridgehead atoms. The van der Waals surface area contributed by atoms with Crippen molar-refractivity contribution < 1.29 is 14.6 Å². The van der Waals surface area contributed by atoms with Crippen molar-refractivity contribution in [2.75, 3.05) is 0 Å². The number of carbonyl (C=O) groups excluding carboxylic acids is 1. The lowest BCUT2D eigenvalue weighted by atomic mass is 9.76. The summed E-state index contributed by atoms with van der Waals surface area (Å²) in [6, 6.07) is 0. The molecule has 4 nitrogen and oxygen atoms in total. The summed E-state index contributed by atoms with van der Waals surface area (Å²) in [5.74, 6) is 0. The molecule has 2 aliphatic rings. The molecule has 0 unspecified atom stereocenters. The molecule has 0 spiro atoms. The first-order valence-corrected chi connectivity index (χ1v) is 7.00. The monoisotopic (exact) mass is 255 g/mol. The summed E-state index contributed by atoms with van der Waals surface area (Å²) in [7, 11) is 0. The smallest absolute Gasteiger partial charge is 0.408 e. The lowest BCUT2D eigenvalue weighted by molar-refractivity contribution is -0.00568. The number of ether oxygens (including phenoxy) is 1. The molecule has 0 saturated heterocycles. The zero-order valence-corrected chi connectivity index (χ0v) is 11.7. The van der Waals surface area contributed by atoms with Crippen LogP contribution in [0.15, 0.2) is 0 Å². The van der Waals surface area contributed by atoms with Crippen LogP contribution >= 0.6 is 0 Å². The average Bonchev–Trinajstić information content (AvgIpc) is 2.96. The molecule has 0 aromatic carbocycles. The fourth-order valence-electron chi connectivity index (χ4n) is 2.96. The highest BCUT2D eigenvalue weighted by molar-refractivity contribution is 5.69. The predicted octanol–water partition coefficient (Wildman–Crippen LogP) is 2.74. The molecule has 0 aromatic rings. The molecular weight excluding hydrogens is 230 g/mol. The largest absolute Gasteiger partial charge is 0.444 e. The molecule has 4 heteroatoms. The molecule has 2 saturated carbocycles. The van der Waals surface area contributed by atoms with E-state index in [0.29, 0.717) is 0 Å². The van der Waals surface area contributed by atoms with Gasteiger partial charge in [-0.25, -0.2) is 4.79 Å². The standard InChI is InChI=1S/C14H25NO3/c1-12(2,3)18-11(16)15-13(14(17)9-10-14)7-5-4-6-8-13/h17H,4-10H2,1-3H3,(H,15,16). The van der Waals surface area contributed by atoms with Gasteiger partial charge in [-0.3, -0.25) is 0 Å². The summed E-state index contributed by atoms with van der Waals surface area (Å²) in [6.45, 7) is 5.56. The SMILES string of the molecule is CC(C)(C)OC(=O)NC1(C2(O)CC2)CCCCC1. The third-order valence-corrected chi connectivity index (χ3v) is 4.06. The minimum atomic E-state index is -0.690. The van der Waals surface area contributed by atoms with Gasteiger partial charge in [-0.05, 0) is 46.5 Å². The molecule has 0 radical (unpaired) electrons. The van der Waals surface area contributed by atoms with Crippen molar-refractivity contribution in [1.29, 1.82) is 0 Å². The van der Waals surface area contributed by atoms with Gasteiger partial charge in [0, 0.05) is 0 Å². The molecule has 18 heavy (non-hydrogen) atoms. The summed E-state index contributed by atoms with van der Waals surface area (Å²) < 4.78 is 5.33. The number of carbonyl (C=O) groups is 1. The van der Waals surface area contributed by atoms with Crippen molar-refractivity contribution in [2.24, 2.45) is 0 Å². The summed E-state index contributed by atoms with van der Waals surface area (Å²) >= 11 is 0. The Kier molecular flexibility index (Phi) is 3.34. The molecule has 2 N–H and O–H groups in total. The van der Waals surface area contributed by atoms with E-state index < -0.39 is 22.8 Å². The summed E-state index contributed by atoms with van der Waals surface area (Å²) in [6.07, 6.45) is 6.24. The van der Waals surface area contributed by atoms with Crippen LogP contribution in [0.25, 0.3) is 0 Å². The number of rotatable bonds is 2. The second-order valence-corrected chi connectivity index (χ2v) is 6.80. The number of nitrogens with one attached hydrogen (secondary N) is 1. The number of hydrogen-bond donors (Lipinski definition) is 2. The summed E-state index contributed by atoms with van der Waals surface area (Å²) in [5, 5.41) is 13.5. The van der Waals surface area contributed by atoms with Gasteiger partial charge in [0.25, 0.3) is 0 Å². The maximum atomic E-state index is 12.0. The Bertz CT molecular complexity index is 322. The maximum Gasteiger partial charge on any atom is 0.408 e. The average molecular weight is 255 g/mol. The number of hydrogen-bond acceptors (Lipinski definition) is 3. The molecule has 0 aromatic heterocycles. The number of alkyl carbamates (subject to hydrolysis) is 1. The van der Waals surface area contributed by atoms with Gasteiger partial charge in [-0.2, -0.15) is 0 Å². The lowest BCUT2D eigenvalue weighted by Gasteiger charge is -2.42. The zero-order chi connectivity index (χ0) is 13.4. The van der Waals surface area contributed by atoms with E-state index in [0.717, 1.165) is 38.5 Å². The van der Waals surface area contributed by atoms with E-state index in [1.54, 1.807) is 0 Å². The summed E-state index contributed by atoms with van der Waals surface area (Å²) in [5.41, 5.74) is -1.63. The van der Waals surface area contributed by atoms with Crippen LogP contribution in [0.1, 0.15) is 65.7 Å². The van der Waals surface area contributed by atoms with Gasteiger partial charge in [-0.15, -0.1) is 0 Å². The normalized spacial score (nSPS) is 25.3. The number of aliphatic hydroxyl groups is 1. The van der Waals surface area contributed by atoms with Gasteiger partial charge in [0.1, 0.15) is 5.60 Å². The van der Waals surface area contributed by atoms with E-state index in [2.05, 4.69) is 5.32 Å². The van der Waals surface area contributed by atoms with Crippen LogP contribution in [-0.4, -0.2) is 27.9 Å². The quantitative estimate of drug-likeness (QED) is 0.797. The molecule has 2 rings (SSSR count). The zero-order valence-electron chi connectivity index (χ0n) is 11.7. The first-order chi connectivity index (χ1) is 8.27. The van der Waals surface area contributed by atoms with E-state index in [1.165, 1.54) is 6.42 Å². The molecule has 104 valence electrons. The molecule has 2 fully saturated rings. The molecule has 1 amide bonds. The summed E-state index contributed by atoms with van der Waals surface area (Å²) in [4.78, 5) is 12.0. The molecule has 0 heterocycles. The first kappa shape index (κ1) is 13.7. The highest BCUT2D eigenvalue weighted by atomic mass is 16.6. The lowest BCUT2D eigenvalue weighted by Crippen LogP contribution is -2.59. The Labute approximate surface area is 109 Å². The molecule has 0 aliphatic heterocycles. The Morgan fingerprint density at radius 1 is 1.11 bits per heavy atom. The van der Waals surface area contributed by atoms with Crippen LogP contribution in [0.5, 0.6) is 0 Å². The van der Waals surface area contributed by atoms with Crippen molar-refractivity contribution in [3.63, 3.8) is 0 Å². The number of amides is 1. The van der Waals surface area contributed by atoms with Crippen molar-refractivity contribution in [3.05, 3.63) is 0 Å². The van der Waals surface area contributed by atoms with Crippen LogP contribution in [0, 0.1) is 0 Å². The van der Waals surface area contributed by atoms with Crippen LogP contribution in [-0.2, 0) is 4.74 Å². The fourth-order valence-corrected chi connectivity index (χ4v) is 2.96. The topological polar surface area (TPSA) is 58.6 Å². The third-order valence-electron chi connectivity index (χ3n) is 4.06. The maximum absolute atomic E-state index is 12.0. The Hall–Kier alpha value is -0.770. The van der Waals surface area contributed by atoms with Crippen LogP contribution in [0.3, 0.4) is 0 Å². The Morgan fingerprint density at radius 2 is 1.67 bits per heavy atom. The van der Waals surface area contributed by atoms with Gasteiger partial charge in [-0.1, -0.05) is 19.3 Å². The van der Waals surface area contributed by atoms with E-state index in [4.69, 9.17) is 4.74 Å². The highest BCUT2D eigenvalue weighted by Gasteiger charge is 2.59. The van der Waals surface area contributed by atoms with Gasteiger partial charge in [0.15, 0.2) is 0 Å². The van der Waals surface area contributed by atoms with E-state index >= 15 is 0 Å². The van der Waals surface area contributed by atoms with Gasteiger partial charge < -0.3 is 15.2 Å². The van der Waals surface area contributed by atoms with E-state index in [9.17, 15) is 9.90 Å². The van der Waals surface area contributed by atoms with Crippen molar-refractivity contribution in [2.45, 2.75) is 82.5 Å². The van der Waals surface area contributed by atoms with Crippen molar-refractivity contribution in [1.82, 2.24) is 5.32 Å². The molecule has 0 atom stereocenters. The third kappa shape index (κ3) is 2.79. The van der Waals surface area contributed by atoms with Crippen molar-refractivity contribution in [3.8, 4) is 0 Å². The Balaban J connectivity index is 2.04. The van der Waals surface area contributed by atoms with E-state index in [1.807, 2.05) is 20.8 Å². The second-order valence-electron chi connectivity index (χ2n) is 6.80.